The van der Waals surface area contributed by atoms with E-state index in [1.54, 1.807) is 6.07 Å². The fraction of sp³-hybridized carbons (Fsp3) is 0.118. The fourth-order valence-corrected chi connectivity index (χ4v) is 2.41. The summed E-state index contributed by atoms with van der Waals surface area (Å²) in [6.45, 7) is 1.91. The van der Waals surface area contributed by atoms with Gasteiger partial charge in [-0.1, -0.05) is 29.8 Å². The van der Waals surface area contributed by atoms with Gasteiger partial charge in [0.15, 0.2) is 0 Å². The van der Waals surface area contributed by atoms with Gasteiger partial charge < -0.3 is 0 Å². The summed E-state index contributed by atoms with van der Waals surface area (Å²) >= 11 is 5.88. The lowest BCUT2D eigenvalue weighted by atomic mass is 10.0. The summed E-state index contributed by atoms with van der Waals surface area (Å²) in [5.41, 5.74) is 4.91. The Morgan fingerprint density at radius 2 is 1.86 bits per heavy atom. The fourth-order valence-electron chi connectivity index (χ4n) is 2.28. The van der Waals surface area contributed by atoms with Crippen molar-refractivity contribution in [2.24, 2.45) is 0 Å². The maximum Gasteiger partial charge on any atom is 0.123 e. The number of aryl methyl sites for hydroxylation is 1. The summed E-state index contributed by atoms with van der Waals surface area (Å²) in [5.74, 6) is -0.206. The van der Waals surface area contributed by atoms with Gasteiger partial charge in [-0.15, -0.1) is 0 Å². The van der Waals surface area contributed by atoms with Gasteiger partial charge in [0.1, 0.15) is 5.82 Å². The number of hydrogen-bond donors (Lipinski definition) is 1. The van der Waals surface area contributed by atoms with Gasteiger partial charge >= 0.3 is 0 Å². The van der Waals surface area contributed by atoms with Crippen molar-refractivity contribution in [2.75, 3.05) is 0 Å². The Morgan fingerprint density at radius 3 is 2.57 bits per heavy atom. The molecule has 1 N–H and O–H groups in total. The molecule has 0 saturated carbocycles. The van der Waals surface area contributed by atoms with E-state index in [1.807, 2.05) is 43.3 Å². The van der Waals surface area contributed by atoms with Crippen molar-refractivity contribution in [3.63, 3.8) is 0 Å². The molecule has 0 atom stereocenters. The van der Waals surface area contributed by atoms with Crippen molar-refractivity contribution in [3.05, 3.63) is 76.2 Å². The first-order valence-electron chi connectivity index (χ1n) is 6.67. The predicted molar refractivity (Wildman–Crippen MR) is 83.0 cm³/mol. The highest BCUT2D eigenvalue weighted by Gasteiger charge is 2.07. The Bertz CT molecular complexity index is 763. The van der Waals surface area contributed by atoms with E-state index in [-0.39, 0.29) is 5.82 Å². The van der Waals surface area contributed by atoms with E-state index >= 15 is 0 Å². The van der Waals surface area contributed by atoms with Crippen LogP contribution in [0.4, 0.5) is 4.39 Å². The van der Waals surface area contributed by atoms with E-state index < -0.39 is 0 Å². The lowest BCUT2D eigenvalue weighted by Gasteiger charge is -2.03. The van der Waals surface area contributed by atoms with E-state index in [0.717, 1.165) is 28.1 Å². The standard InChI is InChI=1S/C17H14ClFN2/c1-11-8-15(19)7-4-13(11)9-16-10-17(21-20-16)12-2-5-14(18)6-3-12/h2-8,10H,9H2,1H3,(H,20,21). The summed E-state index contributed by atoms with van der Waals surface area (Å²) in [5, 5.41) is 8.05. The number of aromatic amines is 1. The second kappa shape index (κ2) is 5.70. The number of H-pyrrole nitrogens is 1. The van der Waals surface area contributed by atoms with Gasteiger partial charge in [-0.25, -0.2) is 4.39 Å². The third kappa shape index (κ3) is 3.14. The normalized spacial score (nSPS) is 10.8. The van der Waals surface area contributed by atoms with Crippen molar-refractivity contribution >= 4 is 11.6 Å². The van der Waals surface area contributed by atoms with Crippen LogP contribution in [0.3, 0.4) is 0 Å². The summed E-state index contributed by atoms with van der Waals surface area (Å²) < 4.78 is 13.1. The first-order chi connectivity index (χ1) is 10.1. The molecule has 0 fully saturated rings. The van der Waals surface area contributed by atoms with Crippen LogP contribution in [0.25, 0.3) is 11.3 Å². The average Bonchev–Trinajstić information content (AvgIpc) is 2.91. The number of aromatic nitrogens is 2. The largest absolute Gasteiger partial charge is 0.282 e. The van der Waals surface area contributed by atoms with E-state index in [0.29, 0.717) is 11.4 Å². The zero-order valence-electron chi connectivity index (χ0n) is 11.5. The number of halogens is 2. The molecule has 0 aliphatic rings. The van der Waals surface area contributed by atoms with Gasteiger partial charge in [-0.2, -0.15) is 5.10 Å². The van der Waals surface area contributed by atoms with Crippen LogP contribution < -0.4 is 0 Å². The topological polar surface area (TPSA) is 28.7 Å². The molecule has 2 nitrogen and oxygen atoms in total. The molecule has 0 radical (unpaired) electrons. The van der Waals surface area contributed by atoms with Crippen LogP contribution in [0.1, 0.15) is 16.8 Å². The van der Waals surface area contributed by atoms with Crippen molar-refractivity contribution in [3.8, 4) is 11.3 Å². The van der Waals surface area contributed by atoms with Crippen molar-refractivity contribution in [2.45, 2.75) is 13.3 Å². The Morgan fingerprint density at radius 1 is 1.10 bits per heavy atom. The second-order valence-corrected chi connectivity index (χ2v) is 5.47. The molecule has 0 bridgehead atoms. The highest BCUT2D eigenvalue weighted by atomic mass is 35.5. The molecular formula is C17H14ClFN2. The van der Waals surface area contributed by atoms with Gasteiger partial charge in [0.2, 0.25) is 0 Å². The van der Waals surface area contributed by atoms with Crippen LogP contribution in [0.5, 0.6) is 0 Å². The first kappa shape index (κ1) is 13.8. The molecule has 0 aliphatic heterocycles. The minimum Gasteiger partial charge on any atom is -0.282 e. The van der Waals surface area contributed by atoms with Gasteiger partial charge in [0.05, 0.1) is 5.69 Å². The second-order valence-electron chi connectivity index (χ2n) is 5.03. The van der Waals surface area contributed by atoms with Gasteiger partial charge in [0.25, 0.3) is 0 Å². The summed E-state index contributed by atoms with van der Waals surface area (Å²) in [6.07, 6.45) is 0.701. The van der Waals surface area contributed by atoms with E-state index in [2.05, 4.69) is 10.2 Å². The monoisotopic (exact) mass is 300 g/mol. The molecule has 1 heterocycles. The molecule has 0 aliphatic carbocycles. The molecule has 0 unspecified atom stereocenters. The number of benzene rings is 2. The predicted octanol–water partition coefficient (Wildman–Crippen LogP) is 4.77. The molecule has 4 heteroatoms. The maximum absolute atomic E-state index is 13.1. The average molecular weight is 301 g/mol. The third-order valence-electron chi connectivity index (χ3n) is 3.46. The number of nitrogens with zero attached hydrogens (tertiary/aromatic N) is 1. The van der Waals surface area contributed by atoms with Gasteiger partial charge in [-0.3, -0.25) is 5.10 Å². The van der Waals surface area contributed by atoms with Crippen LogP contribution in [0.2, 0.25) is 5.02 Å². The summed E-state index contributed by atoms with van der Waals surface area (Å²) in [6, 6.07) is 14.4. The van der Waals surface area contributed by atoms with Crippen LogP contribution in [-0.4, -0.2) is 10.2 Å². The molecule has 3 rings (SSSR count). The molecule has 21 heavy (non-hydrogen) atoms. The molecule has 106 valence electrons. The van der Waals surface area contributed by atoms with E-state index in [1.165, 1.54) is 6.07 Å². The van der Waals surface area contributed by atoms with Crippen molar-refractivity contribution in [1.82, 2.24) is 10.2 Å². The van der Waals surface area contributed by atoms with Crippen LogP contribution in [0, 0.1) is 12.7 Å². The SMILES string of the molecule is Cc1cc(F)ccc1Cc1cc(-c2ccc(Cl)cc2)n[nH]1. The first-order valence-corrected chi connectivity index (χ1v) is 7.05. The molecule has 1 aromatic heterocycles. The zero-order chi connectivity index (χ0) is 14.8. The molecular weight excluding hydrogens is 287 g/mol. The number of rotatable bonds is 3. The van der Waals surface area contributed by atoms with Gasteiger partial charge in [0, 0.05) is 22.7 Å². The Kier molecular flexibility index (Phi) is 3.76. The lowest BCUT2D eigenvalue weighted by Crippen LogP contribution is -1.93. The Labute approximate surface area is 127 Å². The highest BCUT2D eigenvalue weighted by molar-refractivity contribution is 6.30. The lowest BCUT2D eigenvalue weighted by molar-refractivity contribution is 0.625. The molecule has 0 amide bonds. The maximum atomic E-state index is 13.1. The van der Waals surface area contributed by atoms with E-state index in [9.17, 15) is 4.39 Å². The number of nitrogens with one attached hydrogen (secondary N) is 1. The van der Waals surface area contributed by atoms with Crippen LogP contribution in [-0.2, 0) is 6.42 Å². The Hall–Kier alpha value is -2.13. The summed E-state index contributed by atoms with van der Waals surface area (Å²) in [7, 11) is 0. The zero-order valence-corrected chi connectivity index (χ0v) is 12.3. The number of hydrogen-bond acceptors (Lipinski definition) is 1. The van der Waals surface area contributed by atoms with Crippen molar-refractivity contribution in [1.29, 1.82) is 0 Å². The smallest absolute Gasteiger partial charge is 0.123 e. The quantitative estimate of drug-likeness (QED) is 0.741. The van der Waals surface area contributed by atoms with Gasteiger partial charge in [-0.05, 0) is 48.4 Å². The molecule has 0 spiro atoms. The Balaban J connectivity index is 1.83. The summed E-state index contributed by atoms with van der Waals surface area (Å²) in [4.78, 5) is 0. The third-order valence-corrected chi connectivity index (χ3v) is 3.71. The van der Waals surface area contributed by atoms with Crippen LogP contribution >= 0.6 is 11.6 Å². The molecule has 0 saturated heterocycles. The van der Waals surface area contributed by atoms with Crippen LogP contribution in [0.15, 0.2) is 48.5 Å². The highest BCUT2D eigenvalue weighted by Crippen LogP contribution is 2.22. The van der Waals surface area contributed by atoms with Crippen molar-refractivity contribution < 1.29 is 4.39 Å². The molecule has 3 aromatic rings. The van der Waals surface area contributed by atoms with E-state index in [4.69, 9.17) is 11.6 Å². The minimum atomic E-state index is -0.206. The minimum absolute atomic E-state index is 0.206. The molecule has 2 aromatic carbocycles.